The van der Waals surface area contributed by atoms with Gasteiger partial charge in [-0.3, -0.25) is 4.40 Å². The number of imidazole rings is 1. The second-order valence-corrected chi connectivity index (χ2v) is 4.72. The molecule has 108 valence electrons. The molecule has 0 aliphatic heterocycles. The number of aromatic nitrogens is 2. The summed E-state index contributed by atoms with van der Waals surface area (Å²) in [5.74, 6) is -1.02. The Balaban J connectivity index is 1.88. The monoisotopic (exact) mass is 292 g/mol. The highest BCUT2D eigenvalue weighted by atomic mass is 16.4. The maximum Gasteiger partial charge on any atom is 0.355 e. The van der Waals surface area contributed by atoms with Gasteiger partial charge in [0.05, 0.1) is 17.3 Å². The quantitative estimate of drug-likeness (QED) is 0.771. The lowest BCUT2D eigenvalue weighted by atomic mass is 10.1. The van der Waals surface area contributed by atoms with Gasteiger partial charge < -0.3 is 10.4 Å². The van der Waals surface area contributed by atoms with Crippen molar-refractivity contribution < 1.29 is 9.90 Å². The van der Waals surface area contributed by atoms with Crippen LogP contribution in [0.4, 0.5) is 5.69 Å². The molecule has 0 aliphatic carbocycles. The minimum atomic E-state index is -1.02. The number of hydrogen-bond acceptors (Lipinski definition) is 4. The Morgan fingerprint density at radius 2 is 2.05 bits per heavy atom. The Kier molecular flexibility index (Phi) is 3.46. The first-order chi connectivity index (χ1) is 10.7. The van der Waals surface area contributed by atoms with Crippen LogP contribution < -0.4 is 5.32 Å². The molecule has 0 bridgehead atoms. The topological polar surface area (TPSA) is 90.4 Å². The summed E-state index contributed by atoms with van der Waals surface area (Å²) in [5.41, 5.74) is 2.79. The summed E-state index contributed by atoms with van der Waals surface area (Å²) in [6.07, 6.45) is 3.18. The van der Waals surface area contributed by atoms with Gasteiger partial charge in [0.1, 0.15) is 5.65 Å². The van der Waals surface area contributed by atoms with Crippen molar-refractivity contribution in [3.63, 3.8) is 0 Å². The Hall–Kier alpha value is -3.33. The number of carboxylic acid groups (broad SMARTS) is 1. The number of anilines is 1. The van der Waals surface area contributed by atoms with Gasteiger partial charge in [-0.15, -0.1) is 0 Å². The van der Waals surface area contributed by atoms with E-state index in [1.807, 2.05) is 12.1 Å². The Morgan fingerprint density at radius 1 is 1.27 bits per heavy atom. The van der Waals surface area contributed by atoms with E-state index < -0.39 is 5.97 Å². The summed E-state index contributed by atoms with van der Waals surface area (Å²) in [6.45, 7) is 0.464. The van der Waals surface area contributed by atoms with Crippen molar-refractivity contribution in [2.24, 2.45) is 0 Å². The van der Waals surface area contributed by atoms with Crippen LogP contribution in [0.1, 0.15) is 21.6 Å². The molecule has 2 N–H and O–H groups in total. The average Bonchev–Trinajstić information content (AvgIpc) is 3.00. The van der Waals surface area contributed by atoms with E-state index in [2.05, 4.69) is 16.4 Å². The van der Waals surface area contributed by atoms with Crippen LogP contribution in [0.15, 0.2) is 48.8 Å². The Labute approximate surface area is 126 Å². The first-order valence-electron chi connectivity index (χ1n) is 6.61. The van der Waals surface area contributed by atoms with Crippen molar-refractivity contribution in [2.45, 2.75) is 6.54 Å². The molecule has 1 aromatic carbocycles. The maximum atomic E-state index is 11.5. The second kappa shape index (κ2) is 5.58. The third-order valence-corrected chi connectivity index (χ3v) is 3.33. The average molecular weight is 292 g/mol. The van der Waals surface area contributed by atoms with Gasteiger partial charge in [-0.25, -0.2) is 9.78 Å². The minimum absolute atomic E-state index is 0.142. The van der Waals surface area contributed by atoms with E-state index in [1.165, 1.54) is 4.40 Å². The number of pyridine rings is 1. The molecule has 3 aromatic rings. The van der Waals surface area contributed by atoms with Gasteiger partial charge in [0.2, 0.25) is 0 Å². The zero-order chi connectivity index (χ0) is 15.5. The summed E-state index contributed by atoms with van der Waals surface area (Å²) >= 11 is 0. The van der Waals surface area contributed by atoms with Crippen molar-refractivity contribution in [3.8, 4) is 6.07 Å². The fraction of sp³-hybridized carbons (Fsp3) is 0.0625. The summed E-state index contributed by atoms with van der Waals surface area (Å²) < 4.78 is 1.53. The molecule has 6 nitrogen and oxygen atoms in total. The summed E-state index contributed by atoms with van der Waals surface area (Å²) in [4.78, 5) is 15.6. The molecule has 6 heteroatoms. The molecule has 3 rings (SSSR count). The molecule has 0 aliphatic rings. The normalized spacial score (nSPS) is 10.3. The Bertz CT molecular complexity index is 875. The highest BCUT2D eigenvalue weighted by Gasteiger charge is 2.14. The summed E-state index contributed by atoms with van der Waals surface area (Å²) in [7, 11) is 0. The molecule has 2 aromatic heterocycles. The van der Waals surface area contributed by atoms with E-state index in [1.54, 1.807) is 36.7 Å². The van der Waals surface area contributed by atoms with Crippen molar-refractivity contribution in [1.29, 1.82) is 5.26 Å². The van der Waals surface area contributed by atoms with Crippen LogP contribution in [0.2, 0.25) is 0 Å². The van der Waals surface area contributed by atoms with E-state index in [9.17, 15) is 9.90 Å². The summed E-state index contributed by atoms with van der Waals surface area (Å²) in [5, 5.41) is 21.3. The molecule has 0 saturated carbocycles. The molecule has 22 heavy (non-hydrogen) atoms. The first-order valence-corrected chi connectivity index (χ1v) is 6.61. The van der Waals surface area contributed by atoms with Gasteiger partial charge in [-0.05, 0) is 29.8 Å². The van der Waals surface area contributed by atoms with Crippen molar-refractivity contribution >= 4 is 17.3 Å². The number of carboxylic acids is 1. The number of benzene rings is 1. The van der Waals surface area contributed by atoms with Crippen molar-refractivity contribution in [1.82, 2.24) is 9.38 Å². The van der Waals surface area contributed by atoms with Gasteiger partial charge >= 0.3 is 5.97 Å². The minimum Gasteiger partial charge on any atom is -0.476 e. The van der Waals surface area contributed by atoms with Crippen molar-refractivity contribution in [2.75, 3.05) is 5.32 Å². The number of fused-ring (bicyclic) bond motifs is 1. The third-order valence-electron chi connectivity index (χ3n) is 3.33. The Morgan fingerprint density at radius 3 is 2.73 bits per heavy atom. The molecule has 0 fully saturated rings. The highest BCUT2D eigenvalue weighted by molar-refractivity contribution is 5.93. The number of hydrogen-bond donors (Lipinski definition) is 2. The smallest absolute Gasteiger partial charge is 0.355 e. The lowest BCUT2D eigenvalue weighted by Gasteiger charge is -2.11. The number of aromatic carboxylic acids is 1. The van der Waals surface area contributed by atoms with E-state index in [-0.39, 0.29) is 5.69 Å². The highest BCUT2D eigenvalue weighted by Crippen LogP contribution is 2.19. The lowest BCUT2D eigenvalue weighted by molar-refractivity contribution is 0.0690. The largest absolute Gasteiger partial charge is 0.476 e. The number of rotatable bonds is 4. The van der Waals surface area contributed by atoms with Crippen LogP contribution in [-0.4, -0.2) is 20.5 Å². The lowest BCUT2D eigenvalue weighted by Crippen LogP contribution is -2.11. The van der Waals surface area contributed by atoms with E-state index in [4.69, 9.17) is 5.26 Å². The zero-order valence-electron chi connectivity index (χ0n) is 11.5. The second-order valence-electron chi connectivity index (χ2n) is 4.72. The first kappa shape index (κ1) is 13.6. The molecule has 0 saturated heterocycles. The van der Waals surface area contributed by atoms with Crippen LogP contribution in [-0.2, 0) is 6.54 Å². The fourth-order valence-corrected chi connectivity index (χ4v) is 2.25. The number of nitriles is 1. The van der Waals surface area contributed by atoms with E-state index >= 15 is 0 Å². The number of nitrogens with one attached hydrogen (secondary N) is 1. The molecule has 0 spiro atoms. The standard InChI is InChI=1S/C16H12N4O2/c17-9-11-1-3-12(4-2-11)10-19-13-5-6-14-18-7-8-20(14)15(13)16(21)22/h1-8,19H,10H2,(H,21,22). The SMILES string of the molecule is N#Cc1ccc(CNc2ccc3nccn3c2C(=O)O)cc1. The third kappa shape index (κ3) is 2.47. The van der Waals surface area contributed by atoms with Gasteiger partial charge in [-0.2, -0.15) is 5.26 Å². The number of nitrogens with zero attached hydrogens (tertiary/aromatic N) is 3. The van der Waals surface area contributed by atoms with E-state index in [0.717, 1.165) is 5.56 Å². The van der Waals surface area contributed by atoms with Crippen LogP contribution in [0.25, 0.3) is 5.65 Å². The predicted molar refractivity (Wildman–Crippen MR) is 80.6 cm³/mol. The number of carbonyl (C=O) groups is 1. The van der Waals surface area contributed by atoms with Crippen LogP contribution in [0.3, 0.4) is 0 Å². The fourth-order valence-electron chi connectivity index (χ4n) is 2.25. The molecular weight excluding hydrogens is 280 g/mol. The molecule has 2 heterocycles. The van der Waals surface area contributed by atoms with Crippen molar-refractivity contribution in [3.05, 3.63) is 65.6 Å². The van der Waals surface area contributed by atoms with Gasteiger partial charge in [0.15, 0.2) is 5.69 Å². The molecule has 0 unspecified atom stereocenters. The zero-order valence-corrected chi connectivity index (χ0v) is 11.5. The van der Waals surface area contributed by atoms with Gasteiger partial charge in [-0.1, -0.05) is 12.1 Å². The van der Waals surface area contributed by atoms with Crippen LogP contribution in [0, 0.1) is 11.3 Å². The maximum absolute atomic E-state index is 11.5. The van der Waals surface area contributed by atoms with Crippen LogP contribution in [0.5, 0.6) is 0 Å². The summed E-state index contributed by atoms with van der Waals surface area (Å²) in [6, 6.07) is 12.7. The molecule has 0 radical (unpaired) electrons. The van der Waals surface area contributed by atoms with Gasteiger partial charge in [0.25, 0.3) is 0 Å². The molecule has 0 atom stereocenters. The van der Waals surface area contributed by atoms with Gasteiger partial charge in [0, 0.05) is 18.9 Å². The van der Waals surface area contributed by atoms with Crippen LogP contribution >= 0.6 is 0 Å². The van der Waals surface area contributed by atoms with E-state index in [0.29, 0.717) is 23.4 Å². The molecular formula is C16H12N4O2. The predicted octanol–water partition coefficient (Wildman–Crippen LogP) is 2.52. The molecule has 0 amide bonds.